The summed E-state index contributed by atoms with van der Waals surface area (Å²) in [6.07, 6.45) is 0.979. The first kappa shape index (κ1) is 18.3. The molecule has 0 saturated carbocycles. The minimum absolute atomic E-state index is 0.583. The Labute approximate surface area is 161 Å². The van der Waals surface area contributed by atoms with E-state index in [1.807, 2.05) is 29.6 Å². The van der Waals surface area contributed by atoms with Crippen molar-refractivity contribution in [1.82, 2.24) is 10.3 Å². The molecule has 0 radical (unpaired) electrons. The van der Waals surface area contributed by atoms with Crippen molar-refractivity contribution >= 4 is 51.3 Å². The van der Waals surface area contributed by atoms with Crippen molar-refractivity contribution < 1.29 is 4.74 Å². The van der Waals surface area contributed by atoms with Gasteiger partial charge >= 0.3 is 0 Å². The van der Waals surface area contributed by atoms with Crippen LogP contribution in [0.15, 0.2) is 35.0 Å². The van der Waals surface area contributed by atoms with E-state index in [-0.39, 0.29) is 0 Å². The Hall–Kier alpha value is -1.53. The average Bonchev–Trinajstić information content (AvgIpc) is 3.08. The number of fused-ring (bicyclic) bond motifs is 1. The van der Waals surface area contributed by atoms with Crippen LogP contribution in [0.25, 0.3) is 10.9 Å². The quantitative estimate of drug-likeness (QED) is 0.514. The molecule has 0 fully saturated rings. The molecule has 0 unspecified atom stereocenters. The SMILES string of the molecule is COc1cc(NCCCNCc2ccc(Cl)c(Cl)c2)nc2cscc12. The van der Waals surface area contributed by atoms with Crippen LogP contribution in [0.3, 0.4) is 0 Å². The summed E-state index contributed by atoms with van der Waals surface area (Å²) in [6.45, 7) is 2.50. The first-order valence-electron chi connectivity index (χ1n) is 7.97. The summed E-state index contributed by atoms with van der Waals surface area (Å²) in [6, 6.07) is 7.63. The third-order valence-corrected chi connectivity index (χ3v) is 5.26. The molecule has 3 aromatic rings. The number of benzene rings is 1. The highest BCUT2D eigenvalue weighted by Gasteiger charge is 2.06. The van der Waals surface area contributed by atoms with Crippen molar-refractivity contribution in [2.45, 2.75) is 13.0 Å². The van der Waals surface area contributed by atoms with Crippen LogP contribution < -0.4 is 15.4 Å². The van der Waals surface area contributed by atoms with Gasteiger partial charge in [-0.3, -0.25) is 0 Å². The van der Waals surface area contributed by atoms with Crippen LogP contribution in [0.5, 0.6) is 5.75 Å². The van der Waals surface area contributed by atoms with Gasteiger partial charge in [-0.05, 0) is 30.7 Å². The summed E-state index contributed by atoms with van der Waals surface area (Å²) in [7, 11) is 1.68. The minimum Gasteiger partial charge on any atom is -0.496 e. The lowest BCUT2D eigenvalue weighted by atomic mass is 10.2. The topological polar surface area (TPSA) is 46.2 Å². The summed E-state index contributed by atoms with van der Waals surface area (Å²) in [4.78, 5) is 4.60. The molecule has 3 rings (SSSR count). The van der Waals surface area contributed by atoms with Gasteiger partial charge in [0.2, 0.25) is 0 Å². The van der Waals surface area contributed by atoms with E-state index in [0.717, 1.165) is 54.1 Å². The van der Waals surface area contributed by atoms with Gasteiger partial charge in [0, 0.05) is 29.9 Å². The Bertz CT molecular complexity index is 853. The number of halogens is 2. The smallest absolute Gasteiger partial charge is 0.132 e. The molecule has 2 aromatic heterocycles. The predicted octanol–water partition coefficient (Wildman–Crippen LogP) is 5.20. The minimum atomic E-state index is 0.583. The fourth-order valence-electron chi connectivity index (χ4n) is 2.50. The largest absolute Gasteiger partial charge is 0.496 e. The zero-order chi connectivity index (χ0) is 17.6. The van der Waals surface area contributed by atoms with E-state index in [4.69, 9.17) is 27.9 Å². The Morgan fingerprint density at radius 2 is 2.00 bits per heavy atom. The molecule has 0 atom stereocenters. The van der Waals surface area contributed by atoms with Crippen LogP contribution in [0.1, 0.15) is 12.0 Å². The molecule has 0 aliphatic rings. The highest BCUT2D eigenvalue weighted by atomic mass is 35.5. The number of methoxy groups -OCH3 is 1. The summed E-state index contributed by atoms with van der Waals surface area (Å²) >= 11 is 13.6. The molecule has 132 valence electrons. The van der Waals surface area contributed by atoms with Gasteiger partial charge in [0.1, 0.15) is 11.6 Å². The maximum absolute atomic E-state index is 6.02. The number of hydrogen-bond acceptors (Lipinski definition) is 5. The molecule has 4 nitrogen and oxygen atoms in total. The summed E-state index contributed by atoms with van der Waals surface area (Å²) in [5.74, 6) is 1.69. The van der Waals surface area contributed by atoms with Gasteiger partial charge in [0.05, 0.1) is 28.1 Å². The standard InChI is InChI=1S/C18H19Cl2N3OS/c1-24-17-8-18(23-16-11-25-10-13(16)17)22-6-2-5-21-9-12-3-4-14(19)15(20)7-12/h3-4,7-8,10-11,21H,2,5-6,9H2,1H3,(H,22,23). The lowest BCUT2D eigenvalue weighted by molar-refractivity contribution is 0.420. The number of ether oxygens (including phenoxy) is 1. The fraction of sp³-hybridized carbons (Fsp3) is 0.278. The Balaban J connectivity index is 1.43. The van der Waals surface area contributed by atoms with Crippen LogP contribution in [0.4, 0.5) is 5.82 Å². The van der Waals surface area contributed by atoms with Crippen LogP contribution in [-0.2, 0) is 6.54 Å². The van der Waals surface area contributed by atoms with Crippen LogP contribution in [-0.4, -0.2) is 25.2 Å². The molecular weight excluding hydrogens is 377 g/mol. The summed E-state index contributed by atoms with van der Waals surface area (Å²) in [5.41, 5.74) is 2.08. The third-order valence-electron chi connectivity index (χ3n) is 3.79. The molecule has 7 heteroatoms. The second-order valence-electron chi connectivity index (χ2n) is 5.59. The van der Waals surface area contributed by atoms with Gasteiger partial charge in [0.15, 0.2) is 0 Å². The second kappa shape index (κ2) is 8.72. The highest BCUT2D eigenvalue weighted by molar-refractivity contribution is 7.09. The first-order chi connectivity index (χ1) is 12.2. The van der Waals surface area contributed by atoms with Gasteiger partial charge in [-0.15, -0.1) is 11.3 Å². The molecule has 0 spiro atoms. The number of nitrogens with one attached hydrogen (secondary N) is 2. The zero-order valence-electron chi connectivity index (χ0n) is 13.8. The van der Waals surface area contributed by atoms with Crippen molar-refractivity contribution in [3.63, 3.8) is 0 Å². The molecule has 2 N–H and O–H groups in total. The van der Waals surface area contributed by atoms with Gasteiger partial charge in [-0.25, -0.2) is 4.98 Å². The maximum atomic E-state index is 6.02. The number of anilines is 1. The van der Waals surface area contributed by atoms with E-state index in [0.29, 0.717) is 10.0 Å². The highest BCUT2D eigenvalue weighted by Crippen LogP contribution is 2.29. The molecule has 0 aliphatic heterocycles. The van der Waals surface area contributed by atoms with Crippen LogP contribution in [0, 0.1) is 0 Å². The Morgan fingerprint density at radius 3 is 2.80 bits per heavy atom. The van der Waals surface area contributed by atoms with Crippen LogP contribution in [0.2, 0.25) is 10.0 Å². The van der Waals surface area contributed by atoms with E-state index in [9.17, 15) is 0 Å². The number of hydrogen-bond donors (Lipinski definition) is 2. The van der Waals surface area contributed by atoms with Crippen molar-refractivity contribution in [2.24, 2.45) is 0 Å². The van der Waals surface area contributed by atoms with Crippen molar-refractivity contribution in [3.8, 4) is 5.75 Å². The monoisotopic (exact) mass is 395 g/mol. The normalized spacial score (nSPS) is 11.0. The number of pyridine rings is 1. The predicted molar refractivity (Wildman–Crippen MR) is 107 cm³/mol. The Morgan fingerprint density at radius 1 is 1.12 bits per heavy atom. The van der Waals surface area contributed by atoms with E-state index in [1.54, 1.807) is 18.4 Å². The first-order valence-corrected chi connectivity index (χ1v) is 9.66. The molecule has 2 heterocycles. The van der Waals surface area contributed by atoms with E-state index in [1.165, 1.54) is 0 Å². The number of thiophene rings is 1. The van der Waals surface area contributed by atoms with Crippen molar-refractivity contribution in [2.75, 3.05) is 25.5 Å². The van der Waals surface area contributed by atoms with Gasteiger partial charge < -0.3 is 15.4 Å². The molecule has 0 saturated heterocycles. The lowest BCUT2D eigenvalue weighted by Crippen LogP contribution is -2.17. The molecule has 0 aliphatic carbocycles. The third kappa shape index (κ3) is 4.76. The van der Waals surface area contributed by atoms with E-state index in [2.05, 4.69) is 21.0 Å². The van der Waals surface area contributed by atoms with Gasteiger partial charge in [-0.1, -0.05) is 29.3 Å². The maximum Gasteiger partial charge on any atom is 0.132 e. The van der Waals surface area contributed by atoms with E-state index >= 15 is 0 Å². The molecule has 0 amide bonds. The van der Waals surface area contributed by atoms with Crippen molar-refractivity contribution in [1.29, 1.82) is 0 Å². The number of aromatic nitrogens is 1. The molecule has 0 bridgehead atoms. The Kier molecular flexibility index (Phi) is 6.37. The number of rotatable bonds is 8. The second-order valence-corrected chi connectivity index (χ2v) is 7.14. The van der Waals surface area contributed by atoms with E-state index < -0.39 is 0 Å². The zero-order valence-corrected chi connectivity index (χ0v) is 16.1. The van der Waals surface area contributed by atoms with Crippen LogP contribution >= 0.6 is 34.5 Å². The molecule has 1 aromatic carbocycles. The van der Waals surface area contributed by atoms with Gasteiger partial charge in [-0.2, -0.15) is 0 Å². The fourth-order valence-corrected chi connectivity index (χ4v) is 3.57. The summed E-state index contributed by atoms with van der Waals surface area (Å²) in [5, 5.41) is 13.1. The summed E-state index contributed by atoms with van der Waals surface area (Å²) < 4.78 is 5.43. The molecular formula is C18H19Cl2N3OS. The number of nitrogens with zero attached hydrogens (tertiary/aromatic N) is 1. The average molecular weight is 396 g/mol. The van der Waals surface area contributed by atoms with Gasteiger partial charge in [0.25, 0.3) is 0 Å². The molecule has 25 heavy (non-hydrogen) atoms. The lowest BCUT2D eigenvalue weighted by Gasteiger charge is -2.09. The van der Waals surface area contributed by atoms with Crippen molar-refractivity contribution in [3.05, 3.63) is 50.6 Å².